The summed E-state index contributed by atoms with van der Waals surface area (Å²) in [5.74, 6) is 0.980. The van der Waals surface area contributed by atoms with Gasteiger partial charge in [-0.1, -0.05) is 54.6 Å². The van der Waals surface area contributed by atoms with Crippen molar-refractivity contribution in [3.05, 3.63) is 102 Å². The molecule has 1 saturated heterocycles. The van der Waals surface area contributed by atoms with Crippen LogP contribution in [-0.2, 0) is 6.54 Å². The Hall–Kier alpha value is -5.20. The van der Waals surface area contributed by atoms with Crippen LogP contribution in [-0.4, -0.2) is 56.9 Å². The van der Waals surface area contributed by atoms with E-state index in [9.17, 15) is 10.1 Å². The van der Waals surface area contributed by atoms with E-state index in [1.54, 1.807) is 18.5 Å². The highest BCUT2D eigenvalue weighted by Crippen LogP contribution is 2.34. The standard InChI is InChI=1S/C34H32N8O/c1-2-42(32-12-14-37-31(18-35)40-32)22-24-13-15-41(21-24)20-23-8-10-26(11-9-23)33-28(25-6-4-3-5-7-25)16-27-17-29(34(36)43)38-19-30(27)39-33/h3-12,14,16-17,19,24H,2,13,15,20-22H2,1H3,(H2,36,43). The average Bonchev–Trinajstić information content (AvgIpc) is 3.50. The van der Waals surface area contributed by atoms with Crippen molar-refractivity contribution in [2.45, 2.75) is 19.9 Å². The molecule has 1 amide bonds. The van der Waals surface area contributed by atoms with E-state index < -0.39 is 5.91 Å². The Balaban J connectivity index is 1.18. The molecule has 9 nitrogen and oxygen atoms in total. The number of rotatable bonds is 9. The molecular formula is C34H32N8O. The van der Waals surface area contributed by atoms with Gasteiger partial charge in [0.05, 0.1) is 17.4 Å². The molecule has 0 saturated carbocycles. The fourth-order valence-electron chi connectivity index (χ4n) is 5.78. The van der Waals surface area contributed by atoms with Crippen LogP contribution in [0.3, 0.4) is 0 Å². The number of hydrogen-bond acceptors (Lipinski definition) is 8. The summed E-state index contributed by atoms with van der Waals surface area (Å²) in [7, 11) is 0. The van der Waals surface area contributed by atoms with Gasteiger partial charge in [-0.3, -0.25) is 9.69 Å². The zero-order chi connectivity index (χ0) is 29.8. The molecule has 1 unspecified atom stereocenters. The first-order valence-electron chi connectivity index (χ1n) is 14.5. The lowest BCUT2D eigenvalue weighted by Crippen LogP contribution is -2.31. The quantitative estimate of drug-likeness (QED) is 0.261. The molecule has 1 aliphatic heterocycles. The molecule has 1 atom stereocenters. The molecule has 43 heavy (non-hydrogen) atoms. The molecule has 1 fully saturated rings. The number of fused-ring (bicyclic) bond motifs is 1. The second-order valence-electron chi connectivity index (χ2n) is 10.9. The van der Waals surface area contributed by atoms with E-state index in [0.717, 1.165) is 72.7 Å². The summed E-state index contributed by atoms with van der Waals surface area (Å²) in [6.07, 6.45) is 4.39. The van der Waals surface area contributed by atoms with Crippen molar-refractivity contribution in [1.82, 2.24) is 24.8 Å². The van der Waals surface area contributed by atoms with E-state index in [1.807, 2.05) is 30.3 Å². The maximum atomic E-state index is 11.7. The van der Waals surface area contributed by atoms with Gasteiger partial charge in [-0.2, -0.15) is 5.26 Å². The van der Waals surface area contributed by atoms with E-state index in [1.165, 1.54) is 5.56 Å². The summed E-state index contributed by atoms with van der Waals surface area (Å²) in [5.41, 5.74) is 11.6. The predicted octanol–water partition coefficient (Wildman–Crippen LogP) is 5.07. The first-order valence-corrected chi connectivity index (χ1v) is 14.5. The highest BCUT2D eigenvalue weighted by atomic mass is 16.1. The third kappa shape index (κ3) is 6.20. The lowest BCUT2D eigenvalue weighted by molar-refractivity contribution is 0.0995. The molecule has 5 aromatic rings. The van der Waals surface area contributed by atoms with Crippen molar-refractivity contribution >= 4 is 22.6 Å². The number of carbonyl (C=O) groups excluding carboxylic acids is 1. The van der Waals surface area contributed by atoms with Crippen LogP contribution in [0.2, 0.25) is 0 Å². The number of nitriles is 1. The molecular weight excluding hydrogens is 536 g/mol. The van der Waals surface area contributed by atoms with Gasteiger partial charge >= 0.3 is 0 Å². The van der Waals surface area contributed by atoms with Gasteiger partial charge in [0, 0.05) is 48.9 Å². The number of aromatic nitrogens is 4. The minimum absolute atomic E-state index is 0.205. The Morgan fingerprint density at radius 3 is 2.60 bits per heavy atom. The second-order valence-corrected chi connectivity index (χ2v) is 10.9. The zero-order valence-corrected chi connectivity index (χ0v) is 24.0. The van der Waals surface area contributed by atoms with Crippen LogP contribution in [0.5, 0.6) is 0 Å². The van der Waals surface area contributed by atoms with Crippen molar-refractivity contribution in [2.24, 2.45) is 11.7 Å². The fourth-order valence-corrected chi connectivity index (χ4v) is 5.78. The highest BCUT2D eigenvalue weighted by molar-refractivity contribution is 5.97. The molecule has 2 N–H and O–H groups in total. The third-order valence-corrected chi connectivity index (χ3v) is 7.97. The molecule has 214 valence electrons. The summed E-state index contributed by atoms with van der Waals surface area (Å²) in [6, 6.07) is 26.4. The van der Waals surface area contributed by atoms with E-state index >= 15 is 0 Å². The van der Waals surface area contributed by atoms with Crippen LogP contribution in [0.25, 0.3) is 33.3 Å². The van der Waals surface area contributed by atoms with Crippen LogP contribution >= 0.6 is 0 Å². The largest absolute Gasteiger partial charge is 0.364 e. The van der Waals surface area contributed by atoms with Crippen LogP contribution in [0, 0.1) is 17.2 Å². The van der Waals surface area contributed by atoms with Crippen molar-refractivity contribution in [2.75, 3.05) is 31.1 Å². The van der Waals surface area contributed by atoms with Gasteiger partial charge in [0.25, 0.3) is 5.91 Å². The number of nitrogens with zero attached hydrogens (tertiary/aromatic N) is 7. The highest BCUT2D eigenvalue weighted by Gasteiger charge is 2.25. The van der Waals surface area contributed by atoms with Gasteiger partial charge in [0.2, 0.25) is 5.82 Å². The van der Waals surface area contributed by atoms with Crippen molar-refractivity contribution in [3.63, 3.8) is 0 Å². The number of carbonyl (C=O) groups is 1. The smallest absolute Gasteiger partial charge is 0.267 e. The first kappa shape index (κ1) is 27.9. The second kappa shape index (κ2) is 12.3. The summed E-state index contributed by atoms with van der Waals surface area (Å²) < 4.78 is 0. The molecule has 4 heterocycles. The zero-order valence-electron chi connectivity index (χ0n) is 24.0. The number of primary amides is 1. The van der Waals surface area contributed by atoms with Crippen molar-refractivity contribution in [3.8, 4) is 28.5 Å². The van der Waals surface area contributed by atoms with Gasteiger partial charge in [-0.25, -0.2) is 19.9 Å². The number of benzene rings is 2. The Morgan fingerprint density at radius 2 is 1.86 bits per heavy atom. The summed E-state index contributed by atoms with van der Waals surface area (Å²) >= 11 is 0. The normalized spacial score (nSPS) is 14.9. The number of nitrogens with two attached hydrogens (primary N) is 1. The van der Waals surface area contributed by atoms with Crippen LogP contribution in [0.4, 0.5) is 5.82 Å². The van der Waals surface area contributed by atoms with Crippen LogP contribution in [0.15, 0.2) is 85.2 Å². The first-order chi connectivity index (χ1) is 21.0. The SMILES string of the molecule is CCN(CC1CCN(Cc2ccc(-c3nc4cnc(C(N)=O)cc4cc3-c3ccccc3)cc2)C1)c1ccnc(C#N)n1. The summed E-state index contributed by atoms with van der Waals surface area (Å²) in [4.78, 5) is 34.0. The Kier molecular flexibility index (Phi) is 8.03. The minimum Gasteiger partial charge on any atom is -0.364 e. The predicted molar refractivity (Wildman–Crippen MR) is 167 cm³/mol. The molecule has 0 spiro atoms. The number of pyridine rings is 2. The number of amides is 1. The van der Waals surface area contributed by atoms with Crippen molar-refractivity contribution in [1.29, 1.82) is 5.26 Å². The van der Waals surface area contributed by atoms with Gasteiger partial charge in [0.15, 0.2) is 0 Å². The van der Waals surface area contributed by atoms with E-state index in [4.69, 9.17) is 10.7 Å². The maximum Gasteiger partial charge on any atom is 0.267 e. The number of hydrogen-bond donors (Lipinski definition) is 1. The molecule has 6 rings (SSSR count). The third-order valence-electron chi connectivity index (χ3n) is 7.97. The van der Waals surface area contributed by atoms with E-state index in [0.29, 0.717) is 11.4 Å². The molecule has 9 heteroatoms. The molecule has 0 aliphatic carbocycles. The summed E-state index contributed by atoms with van der Waals surface area (Å²) in [6.45, 7) is 6.78. The number of anilines is 1. The molecule has 3 aromatic heterocycles. The van der Waals surface area contributed by atoms with E-state index in [2.05, 4.69) is 74.1 Å². The average molecular weight is 569 g/mol. The Labute approximate surface area is 250 Å². The van der Waals surface area contributed by atoms with Gasteiger partial charge < -0.3 is 10.6 Å². The molecule has 0 radical (unpaired) electrons. The lowest BCUT2D eigenvalue weighted by Gasteiger charge is -2.25. The van der Waals surface area contributed by atoms with Gasteiger partial charge in [-0.05, 0) is 55.1 Å². The summed E-state index contributed by atoms with van der Waals surface area (Å²) in [5, 5.41) is 9.99. The van der Waals surface area contributed by atoms with Crippen LogP contribution in [0.1, 0.15) is 35.2 Å². The Bertz CT molecular complexity index is 1800. The Morgan fingerprint density at radius 1 is 1.05 bits per heavy atom. The van der Waals surface area contributed by atoms with Crippen molar-refractivity contribution < 1.29 is 4.79 Å². The minimum atomic E-state index is -0.560. The van der Waals surface area contributed by atoms with Crippen LogP contribution < -0.4 is 10.6 Å². The lowest BCUT2D eigenvalue weighted by atomic mass is 9.97. The molecule has 0 bridgehead atoms. The monoisotopic (exact) mass is 568 g/mol. The molecule has 1 aliphatic rings. The maximum absolute atomic E-state index is 11.7. The molecule has 2 aromatic carbocycles. The fraction of sp³-hybridized carbons (Fsp3) is 0.235. The topological polar surface area (TPSA) is 125 Å². The van der Waals surface area contributed by atoms with Gasteiger partial charge in [-0.15, -0.1) is 0 Å². The van der Waals surface area contributed by atoms with Gasteiger partial charge in [0.1, 0.15) is 17.6 Å². The number of likely N-dealkylation sites (tertiary alicyclic amines) is 1. The van der Waals surface area contributed by atoms with E-state index in [-0.39, 0.29) is 11.5 Å².